The van der Waals surface area contributed by atoms with Crippen molar-refractivity contribution >= 4 is 35.0 Å². The van der Waals surface area contributed by atoms with E-state index in [0.29, 0.717) is 30.6 Å². The summed E-state index contributed by atoms with van der Waals surface area (Å²) in [4.78, 5) is 52.5. The average Bonchev–Trinajstić information content (AvgIpc) is 3.43. The summed E-state index contributed by atoms with van der Waals surface area (Å²) >= 11 is 0. The first-order valence-electron chi connectivity index (χ1n) is 10.5. The van der Waals surface area contributed by atoms with E-state index in [-0.39, 0.29) is 36.2 Å². The molecule has 2 N–H and O–H groups in total. The summed E-state index contributed by atoms with van der Waals surface area (Å²) in [7, 11) is 1.79. The molecule has 1 fully saturated rings. The van der Waals surface area contributed by atoms with Gasteiger partial charge in [0.2, 0.25) is 17.7 Å². The lowest BCUT2D eigenvalue weighted by atomic mass is 10.1. The Labute approximate surface area is 185 Å². The van der Waals surface area contributed by atoms with Crippen LogP contribution in [-0.4, -0.2) is 58.6 Å². The van der Waals surface area contributed by atoms with Gasteiger partial charge in [-0.25, -0.2) is 0 Å². The Bertz CT molecular complexity index is 1090. The molecule has 1 aromatic heterocycles. The molecule has 2 aliphatic heterocycles. The number of fused-ring (bicyclic) bond motifs is 1. The molecule has 1 saturated heterocycles. The first-order valence-corrected chi connectivity index (χ1v) is 10.5. The second-order valence-electron chi connectivity index (χ2n) is 8.24. The zero-order chi connectivity index (χ0) is 23.0. The fourth-order valence-electron chi connectivity index (χ4n) is 4.31. The Balaban J connectivity index is 1.43. The van der Waals surface area contributed by atoms with Crippen LogP contribution in [0.3, 0.4) is 0 Å². The molecule has 2 atom stereocenters. The third-order valence-electron chi connectivity index (χ3n) is 5.85. The molecule has 0 aliphatic carbocycles. The molecule has 4 rings (SSSR count). The van der Waals surface area contributed by atoms with Crippen LogP contribution < -0.4 is 20.4 Å². The summed E-state index contributed by atoms with van der Waals surface area (Å²) in [5, 5.41) is 9.49. The van der Waals surface area contributed by atoms with Crippen LogP contribution in [-0.2, 0) is 27.9 Å². The monoisotopic (exact) mass is 438 g/mol. The van der Waals surface area contributed by atoms with Crippen LogP contribution in [0.2, 0.25) is 0 Å². The van der Waals surface area contributed by atoms with Crippen LogP contribution in [0.15, 0.2) is 30.6 Å². The minimum absolute atomic E-state index is 0.0554. The number of amides is 4. The number of nitrogens with zero attached hydrogens (tertiary/aromatic N) is 4. The van der Waals surface area contributed by atoms with Gasteiger partial charge in [0.05, 0.1) is 18.4 Å². The molecule has 0 spiro atoms. The van der Waals surface area contributed by atoms with Crippen LogP contribution in [0.5, 0.6) is 0 Å². The van der Waals surface area contributed by atoms with Crippen molar-refractivity contribution in [2.75, 3.05) is 22.9 Å². The maximum atomic E-state index is 12.9. The van der Waals surface area contributed by atoms with Crippen molar-refractivity contribution in [2.24, 2.45) is 7.05 Å². The molecule has 32 heavy (non-hydrogen) atoms. The first-order chi connectivity index (χ1) is 15.2. The first kappa shape index (κ1) is 21.5. The van der Waals surface area contributed by atoms with E-state index < -0.39 is 6.04 Å². The van der Waals surface area contributed by atoms with Crippen LogP contribution in [0.4, 0.5) is 11.4 Å². The summed E-state index contributed by atoms with van der Waals surface area (Å²) < 4.78 is 1.63. The van der Waals surface area contributed by atoms with E-state index in [4.69, 9.17) is 0 Å². The zero-order valence-corrected chi connectivity index (χ0v) is 18.3. The molecule has 4 amide bonds. The predicted molar refractivity (Wildman–Crippen MR) is 117 cm³/mol. The fraction of sp³-hybridized carbons (Fsp3) is 0.409. The molecule has 0 saturated carbocycles. The summed E-state index contributed by atoms with van der Waals surface area (Å²) in [6.45, 7) is 3.74. The number of rotatable bonds is 5. The number of hydrogen-bond donors (Lipinski definition) is 2. The third kappa shape index (κ3) is 4.08. The van der Waals surface area contributed by atoms with Crippen molar-refractivity contribution < 1.29 is 19.2 Å². The molecule has 0 radical (unpaired) electrons. The van der Waals surface area contributed by atoms with Gasteiger partial charge in [0.25, 0.3) is 5.91 Å². The summed E-state index contributed by atoms with van der Waals surface area (Å²) in [6.07, 6.45) is 4.54. The number of anilines is 2. The van der Waals surface area contributed by atoms with Crippen LogP contribution in [0.25, 0.3) is 0 Å². The molecular weight excluding hydrogens is 412 g/mol. The number of benzene rings is 1. The van der Waals surface area contributed by atoms with Crippen molar-refractivity contribution in [1.82, 2.24) is 20.4 Å². The number of carbonyl (C=O) groups is 4. The van der Waals surface area contributed by atoms with Crippen molar-refractivity contribution in [3.8, 4) is 0 Å². The largest absolute Gasteiger partial charge is 0.347 e. The minimum atomic E-state index is -0.610. The topological polar surface area (TPSA) is 117 Å². The standard InChI is InChI=1S/C22H26N6O4/c1-13-8-18(22(32)28(13)17-10-24-26(3)12-17)25-21(31)16-4-5-19-15(9-16)6-7-27(19)20(30)11-23-14(2)29/h4-5,9-10,12-13,18H,6-8,11H2,1-3H3,(H,23,29)(H,25,31). The van der Waals surface area contributed by atoms with Gasteiger partial charge in [-0.2, -0.15) is 5.10 Å². The summed E-state index contributed by atoms with van der Waals surface area (Å²) in [5.74, 6) is -0.941. The molecule has 2 aromatic rings. The molecule has 2 unspecified atom stereocenters. The second-order valence-corrected chi connectivity index (χ2v) is 8.24. The SMILES string of the molecule is CC(=O)NCC(=O)N1CCc2cc(C(=O)NC3CC(C)N(c4cnn(C)c4)C3=O)ccc21. The van der Waals surface area contributed by atoms with Crippen molar-refractivity contribution in [2.45, 2.75) is 38.8 Å². The van der Waals surface area contributed by atoms with Crippen molar-refractivity contribution in [3.05, 3.63) is 41.7 Å². The Morgan fingerprint density at radius 3 is 2.72 bits per heavy atom. The van der Waals surface area contributed by atoms with Gasteiger partial charge in [0.1, 0.15) is 6.04 Å². The minimum Gasteiger partial charge on any atom is -0.347 e. The summed E-state index contributed by atoms with van der Waals surface area (Å²) in [6, 6.07) is 4.49. The maximum Gasteiger partial charge on any atom is 0.251 e. The fourth-order valence-corrected chi connectivity index (χ4v) is 4.31. The lowest BCUT2D eigenvalue weighted by Crippen LogP contribution is -2.42. The van der Waals surface area contributed by atoms with E-state index >= 15 is 0 Å². The van der Waals surface area contributed by atoms with Crippen molar-refractivity contribution in [3.63, 3.8) is 0 Å². The number of aryl methyl sites for hydroxylation is 1. The second kappa shape index (κ2) is 8.45. The van der Waals surface area contributed by atoms with Crippen LogP contribution in [0, 0.1) is 0 Å². The van der Waals surface area contributed by atoms with Gasteiger partial charge in [-0.15, -0.1) is 0 Å². The lowest BCUT2D eigenvalue weighted by molar-refractivity contribution is -0.123. The van der Waals surface area contributed by atoms with Crippen LogP contribution in [0.1, 0.15) is 36.2 Å². The zero-order valence-electron chi connectivity index (χ0n) is 18.3. The Morgan fingerprint density at radius 1 is 1.25 bits per heavy atom. The number of hydrogen-bond acceptors (Lipinski definition) is 5. The molecular formula is C22H26N6O4. The molecule has 10 heteroatoms. The highest BCUT2D eigenvalue weighted by Gasteiger charge is 2.39. The Morgan fingerprint density at radius 2 is 2.03 bits per heavy atom. The molecule has 3 heterocycles. The number of aromatic nitrogens is 2. The van der Waals surface area contributed by atoms with Gasteiger partial charge in [-0.05, 0) is 43.5 Å². The Hall–Kier alpha value is -3.69. The van der Waals surface area contributed by atoms with E-state index in [1.807, 2.05) is 6.92 Å². The van der Waals surface area contributed by atoms with E-state index in [9.17, 15) is 19.2 Å². The summed E-state index contributed by atoms with van der Waals surface area (Å²) in [5.41, 5.74) is 2.78. The molecule has 168 valence electrons. The van der Waals surface area contributed by atoms with Gasteiger partial charge in [0, 0.05) is 44.0 Å². The molecule has 1 aromatic carbocycles. The van der Waals surface area contributed by atoms with Gasteiger partial charge in [-0.1, -0.05) is 0 Å². The van der Waals surface area contributed by atoms with E-state index in [0.717, 1.165) is 11.3 Å². The highest BCUT2D eigenvalue weighted by Crippen LogP contribution is 2.30. The normalized spacial score (nSPS) is 19.8. The lowest BCUT2D eigenvalue weighted by Gasteiger charge is -2.19. The quantitative estimate of drug-likeness (QED) is 0.700. The molecule has 2 aliphatic rings. The van der Waals surface area contributed by atoms with Gasteiger partial charge < -0.3 is 20.4 Å². The highest BCUT2D eigenvalue weighted by molar-refractivity contribution is 6.05. The number of nitrogens with one attached hydrogen (secondary N) is 2. The van der Waals surface area contributed by atoms with E-state index in [2.05, 4.69) is 15.7 Å². The van der Waals surface area contributed by atoms with Gasteiger partial charge >= 0.3 is 0 Å². The smallest absolute Gasteiger partial charge is 0.251 e. The van der Waals surface area contributed by atoms with E-state index in [1.165, 1.54) is 6.92 Å². The maximum absolute atomic E-state index is 12.9. The van der Waals surface area contributed by atoms with Crippen molar-refractivity contribution in [1.29, 1.82) is 0 Å². The van der Waals surface area contributed by atoms with Gasteiger partial charge in [-0.3, -0.25) is 23.9 Å². The predicted octanol–water partition coefficient (Wildman–Crippen LogP) is 0.369. The number of carbonyl (C=O) groups excluding carboxylic acids is 4. The Kier molecular flexibility index (Phi) is 5.68. The molecule has 0 bridgehead atoms. The third-order valence-corrected chi connectivity index (χ3v) is 5.85. The highest BCUT2D eigenvalue weighted by atomic mass is 16.2. The molecule has 10 nitrogen and oxygen atoms in total. The van der Waals surface area contributed by atoms with Crippen LogP contribution >= 0.6 is 0 Å². The van der Waals surface area contributed by atoms with Gasteiger partial charge in [0.15, 0.2) is 0 Å². The average molecular weight is 438 g/mol. The van der Waals surface area contributed by atoms with E-state index in [1.54, 1.807) is 52.1 Å².